The Balaban J connectivity index is 2.64. The van der Waals surface area contributed by atoms with E-state index in [0.29, 0.717) is 5.41 Å². The molecular weight excluding hydrogens is 184 g/mol. The van der Waals surface area contributed by atoms with E-state index >= 15 is 0 Å². The monoisotopic (exact) mass is 206 g/mol. The van der Waals surface area contributed by atoms with E-state index in [0.717, 1.165) is 12.2 Å². The highest BCUT2D eigenvalue weighted by Crippen LogP contribution is 2.22. The second-order valence-corrected chi connectivity index (χ2v) is 5.55. The summed E-state index contributed by atoms with van der Waals surface area (Å²) in [4.78, 5) is 0. The third-order valence-electron chi connectivity index (χ3n) is 2.03. The summed E-state index contributed by atoms with van der Waals surface area (Å²) in [6.07, 6.45) is 1.35. The molecule has 0 spiro atoms. The van der Waals surface area contributed by atoms with Crippen molar-refractivity contribution >= 4 is 0 Å². The molecule has 1 rings (SSSR count). The highest BCUT2D eigenvalue weighted by molar-refractivity contribution is 5.27. The summed E-state index contributed by atoms with van der Waals surface area (Å²) in [5, 5.41) is 0. The largest absolute Gasteiger partial charge is 0.491 e. The quantitative estimate of drug-likeness (QED) is 0.724. The number of ether oxygens (including phenoxy) is 1. The van der Waals surface area contributed by atoms with Crippen LogP contribution in [0.5, 0.6) is 5.75 Å². The van der Waals surface area contributed by atoms with Crippen molar-refractivity contribution in [1.29, 1.82) is 0 Å². The molecule has 0 saturated heterocycles. The van der Waals surface area contributed by atoms with Gasteiger partial charge in [-0.3, -0.25) is 0 Å². The normalized spacial score (nSPS) is 11.9. The zero-order valence-corrected chi connectivity index (χ0v) is 10.5. The van der Waals surface area contributed by atoms with Gasteiger partial charge in [0.05, 0.1) is 6.10 Å². The maximum absolute atomic E-state index is 5.60. The van der Waals surface area contributed by atoms with Gasteiger partial charge in [0.2, 0.25) is 0 Å². The van der Waals surface area contributed by atoms with Crippen molar-refractivity contribution < 1.29 is 4.74 Å². The summed E-state index contributed by atoms with van der Waals surface area (Å²) in [5.74, 6) is 0.961. The molecule has 0 bridgehead atoms. The van der Waals surface area contributed by atoms with Crippen molar-refractivity contribution in [1.82, 2.24) is 0 Å². The van der Waals surface area contributed by atoms with Crippen LogP contribution in [0.15, 0.2) is 24.3 Å². The lowest BCUT2D eigenvalue weighted by Crippen LogP contribution is -2.09. The van der Waals surface area contributed by atoms with Crippen molar-refractivity contribution in [3.05, 3.63) is 29.8 Å². The van der Waals surface area contributed by atoms with Gasteiger partial charge in [0.25, 0.3) is 0 Å². The Hall–Kier alpha value is -0.980. The molecule has 0 amide bonds. The van der Waals surface area contributed by atoms with Crippen LogP contribution in [0.3, 0.4) is 0 Å². The molecule has 0 atom stereocenters. The summed E-state index contributed by atoms with van der Waals surface area (Å²) >= 11 is 0. The van der Waals surface area contributed by atoms with E-state index in [9.17, 15) is 0 Å². The number of benzene rings is 1. The summed E-state index contributed by atoms with van der Waals surface area (Å²) in [5.41, 5.74) is 1.72. The third-order valence-corrected chi connectivity index (χ3v) is 2.03. The Kier molecular flexibility index (Phi) is 3.78. The first-order chi connectivity index (χ1) is 6.87. The molecule has 0 aliphatic heterocycles. The average molecular weight is 206 g/mol. The molecule has 0 aromatic heterocycles. The lowest BCUT2D eigenvalue weighted by atomic mass is 9.88. The fraction of sp³-hybridized carbons (Fsp3) is 0.571. The zero-order chi connectivity index (χ0) is 11.5. The predicted octanol–water partition coefficient (Wildman–Crippen LogP) is 4.06. The lowest BCUT2D eigenvalue weighted by Gasteiger charge is -2.18. The average Bonchev–Trinajstić information content (AvgIpc) is 2.05. The molecule has 1 aromatic carbocycles. The molecule has 0 aliphatic carbocycles. The molecule has 0 fully saturated rings. The minimum Gasteiger partial charge on any atom is -0.491 e. The molecular formula is C14H22O. The summed E-state index contributed by atoms with van der Waals surface area (Å²) in [6.45, 7) is 10.9. The second-order valence-electron chi connectivity index (χ2n) is 5.55. The van der Waals surface area contributed by atoms with Crippen molar-refractivity contribution in [2.24, 2.45) is 5.41 Å². The van der Waals surface area contributed by atoms with Gasteiger partial charge in [-0.25, -0.2) is 0 Å². The Morgan fingerprint density at radius 2 is 1.60 bits per heavy atom. The van der Waals surface area contributed by atoms with Gasteiger partial charge >= 0.3 is 0 Å². The van der Waals surface area contributed by atoms with E-state index in [2.05, 4.69) is 45.0 Å². The SMILES string of the molecule is CC(C)Oc1ccc(CC(C)(C)C)cc1. The summed E-state index contributed by atoms with van der Waals surface area (Å²) in [6, 6.07) is 8.42. The van der Waals surface area contributed by atoms with Crippen molar-refractivity contribution in [2.45, 2.75) is 47.1 Å². The van der Waals surface area contributed by atoms with E-state index in [4.69, 9.17) is 4.74 Å². The van der Waals surface area contributed by atoms with Crippen LogP contribution in [0.2, 0.25) is 0 Å². The minimum atomic E-state index is 0.249. The van der Waals surface area contributed by atoms with Gasteiger partial charge in [0.15, 0.2) is 0 Å². The molecule has 15 heavy (non-hydrogen) atoms. The van der Waals surface area contributed by atoms with Gasteiger partial charge in [-0.1, -0.05) is 32.9 Å². The van der Waals surface area contributed by atoms with Gasteiger partial charge in [-0.2, -0.15) is 0 Å². The first kappa shape index (κ1) is 12.1. The topological polar surface area (TPSA) is 9.23 Å². The Morgan fingerprint density at radius 1 is 1.07 bits per heavy atom. The fourth-order valence-corrected chi connectivity index (χ4v) is 1.57. The molecule has 1 heteroatoms. The summed E-state index contributed by atoms with van der Waals surface area (Å²) < 4.78 is 5.60. The zero-order valence-electron chi connectivity index (χ0n) is 10.5. The molecule has 1 aromatic rings. The van der Waals surface area contributed by atoms with Crippen LogP contribution < -0.4 is 4.74 Å². The molecule has 0 N–H and O–H groups in total. The van der Waals surface area contributed by atoms with Crippen LogP contribution in [0, 0.1) is 5.41 Å². The molecule has 0 unspecified atom stereocenters. The molecule has 0 saturated carbocycles. The Morgan fingerprint density at radius 3 is 2.00 bits per heavy atom. The van der Waals surface area contributed by atoms with Gasteiger partial charge in [-0.15, -0.1) is 0 Å². The molecule has 0 heterocycles. The van der Waals surface area contributed by atoms with Gasteiger partial charge in [0, 0.05) is 0 Å². The standard InChI is InChI=1S/C14H22O/c1-11(2)15-13-8-6-12(7-9-13)10-14(3,4)5/h6-9,11H,10H2,1-5H3. The first-order valence-electron chi connectivity index (χ1n) is 5.62. The van der Waals surface area contributed by atoms with Crippen molar-refractivity contribution in [3.63, 3.8) is 0 Å². The van der Waals surface area contributed by atoms with Crippen LogP contribution in [0.1, 0.15) is 40.2 Å². The van der Waals surface area contributed by atoms with Crippen LogP contribution >= 0.6 is 0 Å². The predicted molar refractivity (Wildman–Crippen MR) is 65.4 cm³/mol. The lowest BCUT2D eigenvalue weighted by molar-refractivity contribution is 0.242. The minimum absolute atomic E-state index is 0.249. The smallest absolute Gasteiger partial charge is 0.119 e. The molecule has 0 radical (unpaired) electrons. The van der Waals surface area contributed by atoms with Crippen LogP contribution in [-0.2, 0) is 6.42 Å². The molecule has 0 aliphatic rings. The van der Waals surface area contributed by atoms with Crippen molar-refractivity contribution in [3.8, 4) is 5.75 Å². The van der Waals surface area contributed by atoms with E-state index in [1.54, 1.807) is 0 Å². The number of rotatable bonds is 3. The fourth-order valence-electron chi connectivity index (χ4n) is 1.57. The molecule has 1 nitrogen and oxygen atoms in total. The molecule has 84 valence electrons. The van der Waals surface area contributed by atoms with E-state index in [-0.39, 0.29) is 6.10 Å². The maximum Gasteiger partial charge on any atom is 0.119 e. The Labute approximate surface area is 93.5 Å². The van der Waals surface area contributed by atoms with E-state index < -0.39 is 0 Å². The van der Waals surface area contributed by atoms with E-state index in [1.165, 1.54) is 5.56 Å². The van der Waals surface area contributed by atoms with Crippen LogP contribution in [0.25, 0.3) is 0 Å². The first-order valence-corrected chi connectivity index (χ1v) is 5.62. The maximum atomic E-state index is 5.60. The highest BCUT2D eigenvalue weighted by atomic mass is 16.5. The van der Waals surface area contributed by atoms with E-state index in [1.807, 2.05) is 13.8 Å². The Bertz CT molecular complexity index is 290. The van der Waals surface area contributed by atoms with Crippen LogP contribution in [-0.4, -0.2) is 6.10 Å². The highest BCUT2D eigenvalue weighted by Gasteiger charge is 2.10. The van der Waals surface area contributed by atoms with Gasteiger partial charge in [-0.05, 0) is 43.4 Å². The second kappa shape index (κ2) is 4.69. The van der Waals surface area contributed by atoms with Gasteiger partial charge in [0.1, 0.15) is 5.75 Å². The van der Waals surface area contributed by atoms with Crippen LogP contribution in [0.4, 0.5) is 0 Å². The number of hydrogen-bond acceptors (Lipinski definition) is 1. The summed E-state index contributed by atoms with van der Waals surface area (Å²) in [7, 11) is 0. The number of hydrogen-bond donors (Lipinski definition) is 0. The third kappa shape index (κ3) is 4.87. The van der Waals surface area contributed by atoms with Gasteiger partial charge < -0.3 is 4.74 Å². The van der Waals surface area contributed by atoms with Crippen molar-refractivity contribution in [2.75, 3.05) is 0 Å².